The first kappa shape index (κ1) is 16.7. The third-order valence-corrected chi connectivity index (χ3v) is 1.97. The van der Waals surface area contributed by atoms with Gasteiger partial charge in [0.15, 0.2) is 5.96 Å². The molecule has 1 saturated heterocycles. The van der Waals surface area contributed by atoms with Crippen molar-refractivity contribution < 1.29 is 22.6 Å². The molecule has 0 aromatic carbocycles. The molecule has 17 heavy (non-hydrogen) atoms. The minimum Gasteiger partial charge on any atom is -0.378 e. The zero-order valence-electron chi connectivity index (χ0n) is 9.07. The lowest BCUT2D eigenvalue weighted by Crippen LogP contribution is -2.45. The van der Waals surface area contributed by atoms with Crippen molar-refractivity contribution >= 4 is 29.9 Å². The van der Waals surface area contributed by atoms with Crippen molar-refractivity contribution in [3.05, 3.63) is 0 Å². The Bertz CT molecular complexity index is 245. The molecule has 2 N–H and O–H groups in total. The Morgan fingerprint density at radius 3 is 2.47 bits per heavy atom. The summed E-state index contributed by atoms with van der Waals surface area (Å²) in [6.07, 6.45) is -4.61. The van der Waals surface area contributed by atoms with E-state index in [0.717, 1.165) is 0 Å². The van der Waals surface area contributed by atoms with Gasteiger partial charge < -0.3 is 15.4 Å². The molecule has 0 unspecified atom stereocenters. The Hall–Kier alpha value is -0.290. The highest BCUT2D eigenvalue weighted by Crippen LogP contribution is 2.15. The van der Waals surface area contributed by atoms with Gasteiger partial charge in [-0.25, -0.2) is 0 Å². The van der Waals surface area contributed by atoms with Gasteiger partial charge in [0.05, 0.1) is 26.4 Å². The number of alkyl halides is 3. The average Bonchev–Trinajstić information content (AvgIpc) is 2.24. The van der Waals surface area contributed by atoms with Crippen molar-refractivity contribution in [2.75, 3.05) is 39.5 Å². The zero-order chi connectivity index (χ0) is 12.0. The standard InChI is InChI=1S/C8H14F3N3O2.HI/c9-8(10,11)16-4-1-13-7(12)14-2-5-15-6-3-14;/h1-6H2,(H2,12,13);1H. The van der Waals surface area contributed by atoms with E-state index in [1.54, 1.807) is 4.90 Å². The second kappa shape index (κ2) is 7.93. The van der Waals surface area contributed by atoms with Crippen LogP contribution < -0.4 is 5.73 Å². The molecule has 1 heterocycles. The average molecular weight is 369 g/mol. The van der Waals surface area contributed by atoms with Crippen molar-refractivity contribution in [3.63, 3.8) is 0 Å². The van der Waals surface area contributed by atoms with Gasteiger partial charge in [-0.3, -0.25) is 9.73 Å². The van der Waals surface area contributed by atoms with Crippen molar-refractivity contribution in [1.82, 2.24) is 4.90 Å². The summed E-state index contributed by atoms with van der Waals surface area (Å²) in [6, 6.07) is 0. The third-order valence-electron chi connectivity index (χ3n) is 1.97. The smallest absolute Gasteiger partial charge is 0.378 e. The van der Waals surface area contributed by atoms with Crippen LogP contribution in [0.1, 0.15) is 0 Å². The Labute approximate surface area is 114 Å². The van der Waals surface area contributed by atoms with Crippen molar-refractivity contribution in [2.45, 2.75) is 6.36 Å². The van der Waals surface area contributed by atoms with Gasteiger partial charge in [-0.15, -0.1) is 37.1 Å². The Balaban J connectivity index is 0.00000256. The molecule has 0 aromatic rings. The second-order valence-electron chi connectivity index (χ2n) is 3.13. The van der Waals surface area contributed by atoms with Crippen LogP contribution in [0.2, 0.25) is 0 Å². The molecule has 0 atom stereocenters. The van der Waals surface area contributed by atoms with E-state index < -0.39 is 13.0 Å². The first-order valence-corrected chi connectivity index (χ1v) is 4.82. The van der Waals surface area contributed by atoms with Crippen molar-refractivity contribution in [2.24, 2.45) is 10.7 Å². The van der Waals surface area contributed by atoms with E-state index in [1.165, 1.54) is 0 Å². The lowest BCUT2D eigenvalue weighted by molar-refractivity contribution is -0.323. The molecule has 9 heteroatoms. The molecule has 0 amide bonds. The molecular weight excluding hydrogens is 354 g/mol. The summed E-state index contributed by atoms with van der Waals surface area (Å²) < 4.78 is 43.5. The molecule has 1 fully saturated rings. The Morgan fingerprint density at radius 2 is 1.94 bits per heavy atom. The quantitative estimate of drug-likeness (QED) is 0.346. The zero-order valence-corrected chi connectivity index (χ0v) is 11.4. The highest BCUT2D eigenvalue weighted by molar-refractivity contribution is 14.0. The van der Waals surface area contributed by atoms with Crippen LogP contribution in [0, 0.1) is 0 Å². The first-order valence-electron chi connectivity index (χ1n) is 4.82. The maximum atomic E-state index is 11.6. The van der Waals surface area contributed by atoms with Crippen LogP contribution in [0.5, 0.6) is 0 Å². The Morgan fingerprint density at radius 1 is 1.35 bits per heavy atom. The summed E-state index contributed by atoms with van der Waals surface area (Å²) in [5.74, 6) is 0.231. The summed E-state index contributed by atoms with van der Waals surface area (Å²) in [5.41, 5.74) is 5.58. The van der Waals surface area contributed by atoms with Gasteiger partial charge in [-0.2, -0.15) is 0 Å². The summed E-state index contributed by atoms with van der Waals surface area (Å²) in [6.45, 7) is 1.69. The Kier molecular flexibility index (Phi) is 7.79. The predicted molar refractivity (Wildman–Crippen MR) is 66.3 cm³/mol. The van der Waals surface area contributed by atoms with E-state index in [9.17, 15) is 13.2 Å². The fraction of sp³-hybridized carbons (Fsp3) is 0.875. The SMILES string of the molecule is I.NC(=NCCOC(F)(F)F)N1CCOCC1. The minimum atomic E-state index is -4.61. The first-order chi connectivity index (χ1) is 7.49. The van der Waals surface area contributed by atoms with E-state index >= 15 is 0 Å². The fourth-order valence-corrected chi connectivity index (χ4v) is 1.21. The molecule has 1 aliphatic rings. The molecule has 1 rings (SSSR count). The van der Waals surface area contributed by atoms with Gasteiger partial charge in [0, 0.05) is 13.1 Å². The number of ether oxygens (including phenoxy) is 2. The molecule has 0 saturated carbocycles. The number of morpholine rings is 1. The van der Waals surface area contributed by atoms with E-state index in [4.69, 9.17) is 10.5 Å². The van der Waals surface area contributed by atoms with Crippen molar-refractivity contribution in [1.29, 1.82) is 0 Å². The number of hydrogen-bond acceptors (Lipinski definition) is 3. The van der Waals surface area contributed by atoms with Gasteiger partial charge in [-0.05, 0) is 0 Å². The lowest BCUT2D eigenvalue weighted by Gasteiger charge is -2.27. The molecule has 0 spiro atoms. The van der Waals surface area contributed by atoms with Gasteiger partial charge in [0.2, 0.25) is 0 Å². The molecule has 0 radical (unpaired) electrons. The highest BCUT2D eigenvalue weighted by Gasteiger charge is 2.28. The van der Waals surface area contributed by atoms with Crippen LogP contribution in [0.25, 0.3) is 0 Å². The third kappa shape index (κ3) is 7.60. The number of aliphatic imine (C=N–C) groups is 1. The highest BCUT2D eigenvalue weighted by atomic mass is 127. The summed E-state index contributed by atoms with van der Waals surface area (Å²) in [4.78, 5) is 5.55. The maximum absolute atomic E-state index is 11.6. The van der Waals surface area contributed by atoms with E-state index in [2.05, 4.69) is 9.73 Å². The minimum absolute atomic E-state index is 0. The summed E-state index contributed by atoms with van der Waals surface area (Å²) in [7, 11) is 0. The van der Waals surface area contributed by atoms with Crippen LogP contribution in [0.4, 0.5) is 13.2 Å². The number of nitrogens with two attached hydrogens (primary N) is 1. The summed E-state index contributed by atoms with van der Waals surface area (Å²) in [5, 5.41) is 0. The summed E-state index contributed by atoms with van der Waals surface area (Å²) >= 11 is 0. The normalized spacial score (nSPS) is 17.8. The van der Waals surface area contributed by atoms with Crippen LogP contribution in [0.15, 0.2) is 4.99 Å². The van der Waals surface area contributed by atoms with E-state index in [-0.39, 0.29) is 36.5 Å². The molecule has 5 nitrogen and oxygen atoms in total. The maximum Gasteiger partial charge on any atom is 0.522 e. The number of guanidine groups is 1. The predicted octanol–water partition coefficient (Wildman–Crippen LogP) is 0.788. The molecule has 102 valence electrons. The van der Waals surface area contributed by atoms with E-state index in [0.29, 0.717) is 26.3 Å². The van der Waals surface area contributed by atoms with Crippen LogP contribution in [-0.4, -0.2) is 56.7 Å². The number of hydrogen-bond donors (Lipinski definition) is 1. The van der Waals surface area contributed by atoms with Gasteiger partial charge in [0.25, 0.3) is 0 Å². The number of nitrogens with zero attached hydrogens (tertiary/aromatic N) is 2. The van der Waals surface area contributed by atoms with Gasteiger partial charge >= 0.3 is 6.36 Å². The molecule has 1 aliphatic heterocycles. The largest absolute Gasteiger partial charge is 0.522 e. The van der Waals surface area contributed by atoms with E-state index in [1.807, 2.05) is 0 Å². The fourth-order valence-electron chi connectivity index (χ4n) is 1.21. The van der Waals surface area contributed by atoms with Crippen LogP contribution in [0.3, 0.4) is 0 Å². The van der Waals surface area contributed by atoms with Crippen LogP contribution >= 0.6 is 24.0 Å². The number of rotatable bonds is 3. The second-order valence-corrected chi connectivity index (χ2v) is 3.13. The van der Waals surface area contributed by atoms with Crippen molar-refractivity contribution in [3.8, 4) is 0 Å². The monoisotopic (exact) mass is 369 g/mol. The molecule has 0 aliphatic carbocycles. The van der Waals surface area contributed by atoms with Gasteiger partial charge in [0.1, 0.15) is 0 Å². The topological polar surface area (TPSA) is 60.1 Å². The number of halogens is 4. The molecular formula is C8H15F3IN3O2. The molecule has 0 aromatic heterocycles. The van der Waals surface area contributed by atoms with Crippen LogP contribution in [-0.2, 0) is 9.47 Å². The molecule has 0 bridgehead atoms. The van der Waals surface area contributed by atoms with Gasteiger partial charge in [-0.1, -0.05) is 0 Å². The lowest BCUT2D eigenvalue weighted by atomic mass is 10.4.